The zero-order valence-electron chi connectivity index (χ0n) is 16.6. The first-order valence-electron chi connectivity index (χ1n) is 10.2. The molecular formula is C24H23N3O2S. The normalized spacial score (nSPS) is 15.1. The summed E-state index contributed by atoms with van der Waals surface area (Å²) in [7, 11) is 0. The van der Waals surface area contributed by atoms with E-state index < -0.39 is 0 Å². The molecule has 0 radical (unpaired) electrons. The highest BCUT2D eigenvalue weighted by atomic mass is 32.1. The van der Waals surface area contributed by atoms with Gasteiger partial charge < -0.3 is 9.84 Å². The lowest BCUT2D eigenvalue weighted by Gasteiger charge is -2.35. The van der Waals surface area contributed by atoms with Crippen LogP contribution in [0.5, 0.6) is 0 Å². The summed E-state index contributed by atoms with van der Waals surface area (Å²) in [5.74, 6) is -0.0387. The average molecular weight is 418 g/mol. The smallest absolute Gasteiger partial charge is 0.226 e. The molecule has 0 spiro atoms. The molecule has 2 aromatic carbocycles. The van der Waals surface area contributed by atoms with Gasteiger partial charge in [-0.25, -0.2) is 0 Å². The van der Waals surface area contributed by atoms with Gasteiger partial charge in [0.25, 0.3) is 0 Å². The zero-order chi connectivity index (χ0) is 20.3. The summed E-state index contributed by atoms with van der Waals surface area (Å²) in [6, 6.07) is 20.4. The number of amides is 1. The van der Waals surface area contributed by atoms with Crippen LogP contribution in [-0.4, -0.2) is 29.1 Å². The van der Waals surface area contributed by atoms with Gasteiger partial charge in [0, 0.05) is 29.9 Å². The lowest BCUT2D eigenvalue weighted by atomic mass is 10.0. The Bertz CT molecular complexity index is 1150. The van der Waals surface area contributed by atoms with Crippen LogP contribution in [0, 0.1) is 0 Å². The maximum atomic E-state index is 12.7. The second-order valence-corrected chi connectivity index (χ2v) is 8.62. The second kappa shape index (κ2) is 8.42. The van der Waals surface area contributed by atoms with Crippen LogP contribution in [0.1, 0.15) is 27.7 Å². The molecule has 1 aliphatic heterocycles. The van der Waals surface area contributed by atoms with Crippen molar-refractivity contribution in [3.63, 3.8) is 0 Å². The number of rotatable bonds is 6. The van der Waals surface area contributed by atoms with Gasteiger partial charge in [0.1, 0.15) is 5.69 Å². The highest BCUT2D eigenvalue weighted by molar-refractivity contribution is 7.10. The van der Waals surface area contributed by atoms with Crippen molar-refractivity contribution in [2.24, 2.45) is 0 Å². The van der Waals surface area contributed by atoms with Gasteiger partial charge in [-0.1, -0.05) is 47.6 Å². The van der Waals surface area contributed by atoms with Crippen molar-refractivity contribution in [2.45, 2.75) is 25.4 Å². The van der Waals surface area contributed by atoms with Gasteiger partial charge in [-0.2, -0.15) is 0 Å². The molecule has 5 nitrogen and oxygen atoms in total. The van der Waals surface area contributed by atoms with E-state index in [-0.39, 0.29) is 18.4 Å². The quantitative estimate of drug-likeness (QED) is 0.507. The van der Waals surface area contributed by atoms with Gasteiger partial charge in [0.2, 0.25) is 5.91 Å². The maximum Gasteiger partial charge on any atom is 0.226 e. The van der Waals surface area contributed by atoms with Crippen LogP contribution in [0.2, 0.25) is 0 Å². The van der Waals surface area contributed by atoms with E-state index in [1.54, 1.807) is 0 Å². The first-order chi connectivity index (χ1) is 14.8. The molecule has 2 aromatic heterocycles. The van der Waals surface area contributed by atoms with Crippen LogP contribution in [0.4, 0.5) is 0 Å². The third-order valence-electron chi connectivity index (χ3n) is 5.74. The Labute approximate surface area is 179 Å². The first kappa shape index (κ1) is 19.0. The molecule has 0 aliphatic carbocycles. The molecule has 3 heterocycles. The molecule has 0 fully saturated rings. The Hall–Kier alpha value is -2.96. The molecule has 1 unspecified atom stereocenters. The molecule has 0 saturated carbocycles. The predicted molar refractivity (Wildman–Crippen MR) is 118 cm³/mol. The summed E-state index contributed by atoms with van der Waals surface area (Å²) >= 11 is 1.84. The van der Waals surface area contributed by atoms with Crippen molar-refractivity contribution in [1.82, 2.24) is 15.4 Å². The van der Waals surface area contributed by atoms with Crippen LogP contribution in [0.3, 0.4) is 0 Å². The number of fused-ring (bicyclic) bond motifs is 2. The third kappa shape index (κ3) is 3.88. The molecule has 1 aliphatic rings. The SMILES string of the molecule is O=C(Cc1noc2ccccc12)NCC(c1ccccc1)N1CCc2sccc2C1. The topological polar surface area (TPSA) is 58.4 Å². The fraction of sp³-hybridized carbons (Fsp3) is 0.250. The van der Waals surface area contributed by atoms with E-state index in [1.807, 2.05) is 41.7 Å². The first-order valence-corrected chi connectivity index (χ1v) is 11.1. The van der Waals surface area contributed by atoms with Gasteiger partial charge in [-0.15, -0.1) is 11.3 Å². The summed E-state index contributed by atoms with van der Waals surface area (Å²) in [6.45, 7) is 2.48. The lowest BCUT2D eigenvalue weighted by molar-refractivity contribution is -0.120. The molecule has 30 heavy (non-hydrogen) atoms. The monoisotopic (exact) mass is 417 g/mol. The largest absolute Gasteiger partial charge is 0.356 e. The summed E-state index contributed by atoms with van der Waals surface area (Å²) < 4.78 is 5.33. The van der Waals surface area contributed by atoms with Crippen molar-refractivity contribution in [3.8, 4) is 0 Å². The molecule has 1 atom stereocenters. The third-order valence-corrected chi connectivity index (χ3v) is 6.76. The van der Waals surface area contributed by atoms with Crippen LogP contribution in [0.15, 0.2) is 70.6 Å². The van der Waals surface area contributed by atoms with Crippen molar-refractivity contribution >= 4 is 28.2 Å². The summed E-state index contributed by atoms with van der Waals surface area (Å²) in [6.07, 6.45) is 1.28. The van der Waals surface area contributed by atoms with E-state index >= 15 is 0 Å². The molecule has 1 amide bonds. The molecule has 0 saturated heterocycles. The van der Waals surface area contributed by atoms with Crippen LogP contribution < -0.4 is 5.32 Å². The minimum absolute atomic E-state index is 0.0387. The van der Waals surface area contributed by atoms with Gasteiger partial charge in [0.05, 0.1) is 12.5 Å². The number of carbonyl (C=O) groups excluding carboxylic acids is 1. The predicted octanol–water partition coefficient (Wildman–Crippen LogP) is 4.35. The Morgan fingerprint density at radius 1 is 1.13 bits per heavy atom. The van der Waals surface area contributed by atoms with E-state index in [9.17, 15) is 4.79 Å². The maximum absolute atomic E-state index is 12.7. The Kier molecular flexibility index (Phi) is 5.34. The van der Waals surface area contributed by atoms with E-state index in [1.165, 1.54) is 16.0 Å². The summed E-state index contributed by atoms with van der Waals surface area (Å²) in [4.78, 5) is 16.7. The fourth-order valence-electron chi connectivity index (χ4n) is 4.16. The fourth-order valence-corrected chi connectivity index (χ4v) is 5.05. The van der Waals surface area contributed by atoms with E-state index in [2.05, 4.69) is 51.1 Å². The minimum Gasteiger partial charge on any atom is -0.356 e. The highest BCUT2D eigenvalue weighted by Crippen LogP contribution is 2.30. The summed E-state index contributed by atoms with van der Waals surface area (Å²) in [5, 5.41) is 10.3. The van der Waals surface area contributed by atoms with E-state index in [0.717, 1.165) is 24.9 Å². The van der Waals surface area contributed by atoms with Gasteiger partial charge in [-0.3, -0.25) is 9.69 Å². The number of benzene rings is 2. The minimum atomic E-state index is -0.0387. The number of hydrogen-bond donors (Lipinski definition) is 1. The van der Waals surface area contributed by atoms with E-state index in [4.69, 9.17) is 4.52 Å². The van der Waals surface area contributed by atoms with Crippen molar-refractivity contribution < 1.29 is 9.32 Å². The molecule has 152 valence electrons. The standard InChI is InChI=1S/C24H23N3O2S/c28-24(14-20-19-8-4-5-9-22(19)29-26-20)25-15-21(17-6-2-1-3-7-17)27-12-10-23-18(16-27)11-13-30-23/h1-9,11,13,21H,10,12,14-16H2,(H,25,28). The number of para-hydroxylation sites is 1. The summed E-state index contributed by atoms with van der Waals surface area (Å²) in [5.41, 5.74) is 4.03. The average Bonchev–Trinajstić information content (AvgIpc) is 3.41. The molecule has 0 bridgehead atoms. The van der Waals surface area contributed by atoms with Crippen LogP contribution in [0.25, 0.3) is 11.0 Å². The molecule has 1 N–H and O–H groups in total. The zero-order valence-corrected chi connectivity index (χ0v) is 17.4. The number of hydrogen-bond acceptors (Lipinski definition) is 5. The number of nitrogens with zero attached hydrogens (tertiary/aromatic N) is 2. The Balaban J connectivity index is 1.30. The van der Waals surface area contributed by atoms with Crippen molar-refractivity contribution in [1.29, 1.82) is 0 Å². The second-order valence-electron chi connectivity index (χ2n) is 7.62. The van der Waals surface area contributed by atoms with E-state index in [0.29, 0.717) is 17.8 Å². The molecule has 4 aromatic rings. The Morgan fingerprint density at radius 2 is 1.97 bits per heavy atom. The molecule has 6 heteroatoms. The Morgan fingerprint density at radius 3 is 2.87 bits per heavy atom. The number of carbonyl (C=O) groups is 1. The van der Waals surface area contributed by atoms with Gasteiger partial charge >= 0.3 is 0 Å². The number of thiophene rings is 1. The van der Waals surface area contributed by atoms with Crippen LogP contribution in [-0.2, 0) is 24.2 Å². The van der Waals surface area contributed by atoms with Gasteiger partial charge in [0.15, 0.2) is 5.58 Å². The van der Waals surface area contributed by atoms with Gasteiger partial charge in [-0.05, 0) is 41.1 Å². The highest BCUT2D eigenvalue weighted by Gasteiger charge is 2.26. The van der Waals surface area contributed by atoms with Crippen LogP contribution >= 0.6 is 11.3 Å². The molecule has 5 rings (SSSR count). The molecular weight excluding hydrogens is 394 g/mol. The number of aromatic nitrogens is 1. The lowest BCUT2D eigenvalue weighted by Crippen LogP contribution is -2.40. The van der Waals surface area contributed by atoms with Crippen molar-refractivity contribution in [2.75, 3.05) is 13.1 Å². The van der Waals surface area contributed by atoms with Crippen molar-refractivity contribution in [3.05, 3.63) is 87.7 Å². The number of nitrogens with one attached hydrogen (secondary N) is 1.